The first-order valence-corrected chi connectivity index (χ1v) is 6.61. The predicted molar refractivity (Wildman–Crippen MR) is 75.9 cm³/mol. The van der Waals surface area contributed by atoms with Gasteiger partial charge < -0.3 is 14.7 Å². The van der Waals surface area contributed by atoms with Crippen molar-refractivity contribution in [2.45, 2.75) is 38.8 Å². The Balaban J connectivity index is 2.81. The van der Waals surface area contributed by atoms with Crippen LogP contribution in [0.25, 0.3) is 0 Å². The molecule has 0 aromatic carbocycles. The lowest BCUT2D eigenvalue weighted by Crippen LogP contribution is -2.67. The van der Waals surface area contributed by atoms with Crippen LogP contribution < -0.4 is 0 Å². The molecule has 20 heavy (non-hydrogen) atoms. The summed E-state index contributed by atoms with van der Waals surface area (Å²) in [4.78, 5) is 25.0. The van der Waals surface area contributed by atoms with E-state index in [-0.39, 0.29) is 11.9 Å². The molecule has 0 unspecified atom stereocenters. The maximum absolute atomic E-state index is 12.2. The van der Waals surface area contributed by atoms with Crippen LogP contribution in [0.15, 0.2) is 24.3 Å². The molecule has 1 rings (SSSR count). The van der Waals surface area contributed by atoms with E-state index in [4.69, 9.17) is 0 Å². The summed E-state index contributed by atoms with van der Waals surface area (Å²) in [5.74, 6) is -0.955. The summed E-state index contributed by atoms with van der Waals surface area (Å²) in [6.45, 7) is 9.10. The monoisotopic (exact) mass is 281 g/mol. The number of ether oxygens (including phenoxy) is 1. The number of rotatable bonds is 6. The number of aliphatic hydroxyl groups is 1. The molecule has 0 saturated carbocycles. The first-order chi connectivity index (χ1) is 9.22. The van der Waals surface area contributed by atoms with Crippen LogP contribution >= 0.6 is 0 Å². The molecule has 1 aliphatic heterocycles. The van der Waals surface area contributed by atoms with Crippen molar-refractivity contribution < 1.29 is 19.4 Å². The number of carbonyl (C=O) groups excluding carboxylic acids is 2. The smallest absolute Gasteiger partial charge is 0.330 e. The average molecular weight is 281 g/mol. The quantitative estimate of drug-likeness (QED) is 0.345. The third-order valence-electron chi connectivity index (χ3n) is 3.49. The number of hydrogen-bond acceptors (Lipinski definition) is 4. The Morgan fingerprint density at radius 1 is 1.55 bits per heavy atom. The zero-order valence-corrected chi connectivity index (χ0v) is 12.5. The number of amides is 1. The van der Waals surface area contributed by atoms with Gasteiger partial charge in [0.05, 0.1) is 18.6 Å². The molecular formula is C15H23NO4. The minimum Gasteiger partial charge on any atom is -0.466 e. The molecule has 0 aromatic rings. The van der Waals surface area contributed by atoms with Gasteiger partial charge in [-0.05, 0) is 32.8 Å². The van der Waals surface area contributed by atoms with E-state index >= 15 is 0 Å². The molecule has 1 saturated heterocycles. The minimum absolute atomic E-state index is 0.0824. The van der Waals surface area contributed by atoms with Crippen LogP contribution in [0.2, 0.25) is 0 Å². The van der Waals surface area contributed by atoms with Gasteiger partial charge in [-0.3, -0.25) is 4.79 Å². The Hall–Kier alpha value is -1.62. The van der Waals surface area contributed by atoms with Crippen molar-refractivity contribution in [3.63, 3.8) is 0 Å². The molecule has 1 fully saturated rings. The highest BCUT2D eigenvalue weighted by Gasteiger charge is 2.53. The van der Waals surface area contributed by atoms with Crippen LogP contribution in [0.1, 0.15) is 27.2 Å². The van der Waals surface area contributed by atoms with E-state index in [1.54, 1.807) is 31.7 Å². The summed E-state index contributed by atoms with van der Waals surface area (Å²) in [6.07, 6.45) is 3.73. The zero-order valence-electron chi connectivity index (χ0n) is 12.5. The number of esters is 1. The van der Waals surface area contributed by atoms with E-state index in [1.807, 2.05) is 0 Å². The van der Waals surface area contributed by atoms with E-state index in [1.165, 1.54) is 13.2 Å². The first-order valence-electron chi connectivity index (χ1n) is 6.61. The molecule has 0 bridgehead atoms. The fourth-order valence-electron chi connectivity index (χ4n) is 2.58. The van der Waals surface area contributed by atoms with Crippen molar-refractivity contribution in [2.75, 3.05) is 13.7 Å². The van der Waals surface area contributed by atoms with Crippen LogP contribution in [0.3, 0.4) is 0 Å². The second-order valence-electron chi connectivity index (χ2n) is 5.70. The molecule has 1 heterocycles. The van der Waals surface area contributed by atoms with Gasteiger partial charge in [-0.2, -0.15) is 0 Å². The van der Waals surface area contributed by atoms with Crippen molar-refractivity contribution >= 4 is 11.9 Å². The summed E-state index contributed by atoms with van der Waals surface area (Å²) < 4.78 is 4.56. The maximum atomic E-state index is 12.2. The molecule has 0 radical (unpaired) electrons. The summed E-state index contributed by atoms with van der Waals surface area (Å²) in [7, 11) is 1.31. The minimum atomic E-state index is -1.05. The van der Waals surface area contributed by atoms with E-state index in [0.29, 0.717) is 13.0 Å². The normalized spacial score (nSPS) is 23.4. The number of β-lactam (4-membered cyclic amide) rings is 1. The lowest BCUT2D eigenvalue weighted by atomic mass is 9.74. The fraction of sp³-hybridized carbons (Fsp3) is 0.600. The fourth-order valence-corrected chi connectivity index (χ4v) is 2.58. The van der Waals surface area contributed by atoms with Crippen molar-refractivity contribution in [2.24, 2.45) is 5.92 Å². The average Bonchev–Trinajstić information content (AvgIpc) is 2.33. The Kier molecular flexibility index (Phi) is 5.11. The van der Waals surface area contributed by atoms with Crippen molar-refractivity contribution in [3.8, 4) is 0 Å². The summed E-state index contributed by atoms with van der Waals surface area (Å²) in [6, 6.07) is -0.0824. The molecule has 1 amide bonds. The molecule has 1 N–H and O–H groups in total. The Morgan fingerprint density at radius 3 is 2.60 bits per heavy atom. The first kappa shape index (κ1) is 16.4. The third kappa shape index (κ3) is 3.48. The second kappa shape index (κ2) is 6.22. The van der Waals surface area contributed by atoms with Crippen LogP contribution in [-0.4, -0.2) is 47.2 Å². The van der Waals surface area contributed by atoms with E-state index in [9.17, 15) is 14.7 Å². The molecular weight excluding hydrogens is 258 g/mol. The number of carbonyl (C=O) groups is 2. The highest BCUT2D eigenvalue weighted by atomic mass is 16.5. The molecule has 2 atom stereocenters. The standard InChI is InChI=1S/C15H23NO4/c1-6-7-11-13(15(3,4)19)14(18)16(11)9-10(2)8-12(17)20-5/h6,8,11,13,19H,1,7,9H2,2-5H3/b10-8-/t11-,13-/m1/s1. The largest absolute Gasteiger partial charge is 0.466 e. The Bertz CT molecular complexity index is 434. The van der Waals surface area contributed by atoms with Gasteiger partial charge in [0, 0.05) is 18.7 Å². The lowest BCUT2D eigenvalue weighted by Gasteiger charge is -2.51. The number of hydrogen-bond donors (Lipinski definition) is 1. The van der Waals surface area contributed by atoms with E-state index in [0.717, 1.165) is 5.57 Å². The lowest BCUT2D eigenvalue weighted by molar-refractivity contribution is -0.172. The Morgan fingerprint density at radius 2 is 2.15 bits per heavy atom. The van der Waals surface area contributed by atoms with Gasteiger partial charge >= 0.3 is 5.97 Å². The van der Waals surface area contributed by atoms with Gasteiger partial charge in [-0.25, -0.2) is 4.79 Å². The van der Waals surface area contributed by atoms with Crippen LogP contribution in [0.5, 0.6) is 0 Å². The number of nitrogens with zero attached hydrogens (tertiary/aromatic N) is 1. The number of methoxy groups -OCH3 is 1. The molecule has 1 aliphatic rings. The zero-order chi connectivity index (χ0) is 15.5. The molecule has 112 valence electrons. The summed E-state index contributed by atoms with van der Waals surface area (Å²) in [5, 5.41) is 10.1. The molecule has 5 heteroatoms. The van der Waals surface area contributed by atoms with E-state index in [2.05, 4.69) is 11.3 Å². The van der Waals surface area contributed by atoms with Crippen molar-refractivity contribution in [3.05, 3.63) is 24.3 Å². The molecule has 0 aromatic heterocycles. The van der Waals surface area contributed by atoms with Gasteiger partial charge in [0.15, 0.2) is 0 Å². The predicted octanol–water partition coefficient (Wildman–Crippen LogP) is 1.28. The van der Waals surface area contributed by atoms with Gasteiger partial charge in [0.1, 0.15) is 0 Å². The summed E-state index contributed by atoms with van der Waals surface area (Å²) >= 11 is 0. The van der Waals surface area contributed by atoms with Gasteiger partial charge in [0.2, 0.25) is 5.91 Å². The number of likely N-dealkylation sites (tertiary alicyclic amines) is 1. The molecule has 0 aliphatic carbocycles. The van der Waals surface area contributed by atoms with E-state index < -0.39 is 17.5 Å². The Labute approximate surface area is 119 Å². The molecule has 5 nitrogen and oxygen atoms in total. The van der Waals surface area contributed by atoms with Gasteiger partial charge in [-0.15, -0.1) is 6.58 Å². The highest BCUT2D eigenvalue weighted by Crippen LogP contribution is 2.37. The van der Waals surface area contributed by atoms with Crippen LogP contribution in [0.4, 0.5) is 0 Å². The van der Waals surface area contributed by atoms with Crippen LogP contribution in [-0.2, 0) is 14.3 Å². The SMILES string of the molecule is C=CC[C@@H]1[C@@H](C(C)(C)O)C(=O)N1C/C(C)=C\C(=O)OC. The van der Waals surface area contributed by atoms with Crippen LogP contribution in [0, 0.1) is 5.92 Å². The topological polar surface area (TPSA) is 66.8 Å². The summed E-state index contributed by atoms with van der Waals surface area (Å²) in [5.41, 5.74) is -0.310. The van der Waals surface area contributed by atoms with Gasteiger partial charge in [-0.1, -0.05) is 6.08 Å². The molecule has 0 spiro atoms. The third-order valence-corrected chi connectivity index (χ3v) is 3.49. The van der Waals surface area contributed by atoms with Crippen molar-refractivity contribution in [1.82, 2.24) is 4.90 Å². The maximum Gasteiger partial charge on any atom is 0.330 e. The highest BCUT2D eigenvalue weighted by molar-refractivity contribution is 5.88. The second-order valence-corrected chi connectivity index (χ2v) is 5.70. The van der Waals surface area contributed by atoms with Gasteiger partial charge in [0.25, 0.3) is 0 Å². The van der Waals surface area contributed by atoms with Crippen molar-refractivity contribution in [1.29, 1.82) is 0 Å².